The molecule has 0 spiro atoms. The molecular formula is C15H15ClFNO. The second-order valence-electron chi connectivity index (χ2n) is 4.28. The van der Waals surface area contributed by atoms with Gasteiger partial charge in [-0.15, -0.1) is 0 Å². The van der Waals surface area contributed by atoms with Gasteiger partial charge in [0, 0.05) is 17.6 Å². The Morgan fingerprint density at radius 3 is 2.68 bits per heavy atom. The van der Waals surface area contributed by atoms with E-state index in [2.05, 4.69) is 5.32 Å². The Bertz CT molecular complexity index is 586. The number of hydrogen-bond donors (Lipinski definition) is 1. The van der Waals surface area contributed by atoms with Gasteiger partial charge in [0.15, 0.2) is 0 Å². The second kappa shape index (κ2) is 5.93. The molecule has 0 aliphatic heterocycles. The topological polar surface area (TPSA) is 21.3 Å². The van der Waals surface area contributed by atoms with E-state index < -0.39 is 0 Å². The van der Waals surface area contributed by atoms with Gasteiger partial charge in [-0.3, -0.25) is 0 Å². The molecule has 0 bridgehead atoms. The van der Waals surface area contributed by atoms with E-state index in [9.17, 15) is 4.39 Å². The summed E-state index contributed by atoms with van der Waals surface area (Å²) in [5.74, 6) is 0.310. The van der Waals surface area contributed by atoms with Crippen LogP contribution in [0.15, 0.2) is 36.4 Å². The number of benzene rings is 2. The minimum absolute atomic E-state index is 0.306. The van der Waals surface area contributed by atoms with Crippen molar-refractivity contribution in [3.05, 3.63) is 58.4 Å². The molecule has 0 heterocycles. The Morgan fingerprint density at radius 1 is 1.21 bits per heavy atom. The van der Waals surface area contributed by atoms with E-state index in [-0.39, 0.29) is 5.82 Å². The fourth-order valence-corrected chi connectivity index (χ4v) is 1.91. The van der Waals surface area contributed by atoms with Crippen molar-refractivity contribution in [3.63, 3.8) is 0 Å². The molecule has 2 aromatic rings. The maximum Gasteiger partial charge on any atom is 0.146 e. The third-order valence-electron chi connectivity index (χ3n) is 2.89. The molecule has 2 rings (SSSR count). The van der Waals surface area contributed by atoms with Gasteiger partial charge in [-0.1, -0.05) is 23.7 Å². The Hall–Kier alpha value is -1.74. The smallest absolute Gasteiger partial charge is 0.146 e. The Kier molecular flexibility index (Phi) is 4.27. The van der Waals surface area contributed by atoms with Gasteiger partial charge in [0.1, 0.15) is 11.6 Å². The first kappa shape index (κ1) is 13.7. The van der Waals surface area contributed by atoms with Crippen LogP contribution in [0.4, 0.5) is 10.1 Å². The lowest BCUT2D eigenvalue weighted by Crippen LogP contribution is -2.02. The van der Waals surface area contributed by atoms with Gasteiger partial charge in [-0.05, 0) is 36.2 Å². The number of ether oxygens (including phenoxy) is 1. The standard InChI is InChI=1S/C15H15ClFNO/c1-10-3-4-11(7-13(10)16)9-18-15-8-12(19-2)5-6-14(15)17/h3-8,18H,9H2,1-2H3. The molecule has 19 heavy (non-hydrogen) atoms. The van der Waals surface area contributed by atoms with E-state index in [1.54, 1.807) is 19.2 Å². The molecule has 0 amide bonds. The summed E-state index contributed by atoms with van der Waals surface area (Å²) in [5, 5.41) is 3.75. The average molecular weight is 280 g/mol. The third kappa shape index (κ3) is 3.38. The van der Waals surface area contributed by atoms with E-state index in [0.717, 1.165) is 11.1 Å². The summed E-state index contributed by atoms with van der Waals surface area (Å²) in [7, 11) is 1.55. The van der Waals surface area contributed by atoms with Crippen molar-refractivity contribution in [2.75, 3.05) is 12.4 Å². The normalized spacial score (nSPS) is 10.3. The van der Waals surface area contributed by atoms with Gasteiger partial charge >= 0.3 is 0 Å². The van der Waals surface area contributed by atoms with Crippen LogP contribution in [0, 0.1) is 12.7 Å². The molecule has 0 saturated heterocycles. The molecule has 0 aromatic heterocycles. The first-order chi connectivity index (χ1) is 9.10. The molecule has 1 N–H and O–H groups in total. The Labute approximate surface area is 117 Å². The van der Waals surface area contributed by atoms with Gasteiger partial charge < -0.3 is 10.1 Å². The van der Waals surface area contributed by atoms with Gasteiger partial charge in [0.2, 0.25) is 0 Å². The number of nitrogens with one attached hydrogen (secondary N) is 1. The predicted molar refractivity (Wildman–Crippen MR) is 76.5 cm³/mol. The van der Waals surface area contributed by atoms with E-state index in [0.29, 0.717) is 23.0 Å². The Balaban J connectivity index is 2.11. The molecule has 0 aliphatic rings. The number of hydrogen-bond acceptors (Lipinski definition) is 2. The van der Waals surface area contributed by atoms with Crippen LogP contribution in [0.2, 0.25) is 5.02 Å². The zero-order chi connectivity index (χ0) is 13.8. The van der Waals surface area contributed by atoms with E-state index in [4.69, 9.17) is 16.3 Å². The number of anilines is 1. The van der Waals surface area contributed by atoms with Gasteiger partial charge in [0.05, 0.1) is 12.8 Å². The fourth-order valence-electron chi connectivity index (χ4n) is 1.71. The maximum absolute atomic E-state index is 13.6. The fraction of sp³-hybridized carbons (Fsp3) is 0.200. The van der Waals surface area contributed by atoms with Crippen LogP contribution in [0.3, 0.4) is 0 Å². The summed E-state index contributed by atoms with van der Waals surface area (Å²) in [5.41, 5.74) is 2.44. The van der Waals surface area contributed by atoms with Gasteiger partial charge in [-0.25, -0.2) is 4.39 Å². The van der Waals surface area contributed by atoms with Crippen molar-refractivity contribution < 1.29 is 9.13 Å². The summed E-state index contributed by atoms with van der Waals surface area (Å²) in [4.78, 5) is 0. The second-order valence-corrected chi connectivity index (χ2v) is 4.69. The molecule has 0 saturated carbocycles. The lowest BCUT2D eigenvalue weighted by Gasteiger charge is -2.10. The van der Waals surface area contributed by atoms with Crippen LogP contribution in [-0.4, -0.2) is 7.11 Å². The summed E-state index contributed by atoms with van der Waals surface area (Å²) in [6.45, 7) is 2.45. The third-order valence-corrected chi connectivity index (χ3v) is 3.30. The molecule has 0 aliphatic carbocycles. The summed E-state index contributed by atoms with van der Waals surface area (Å²) < 4.78 is 18.7. The first-order valence-corrected chi connectivity index (χ1v) is 6.30. The molecule has 0 fully saturated rings. The van der Waals surface area contributed by atoms with Crippen LogP contribution < -0.4 is 10.1 Å². The SMILES string of the molecule is COc1ccc(F)c(NCc2ccc(C)c(Cl)c2)c1. The van der Waals surface area contributed by atoms with Crippen LogP contribution in [0.25, 0.3) is 0 Å². The van der Waals surface area contributed by atoms with Crippen molar-refractivity contribution in [1.29, 1.82) is 0 Å². The highest BCUT2D eigenvalue weighted by Gasteiger charge is 2.04. The highest BCUT2D eigenvalue weighted by molar-refractivity contribution is 6.31. The van der Waals surface area contributed by atoms with E-state index >= 15 is 0 Å². The molecule has 4 heteroatoms. The molecule has 0 atom stereocenters. The van der Waals surface area contributed by atoms with Crippen LogP contribution in [-0.2, 0) is 6.54 Å². The van der Waals surface area contributed by atoms with Crippen LogP contribution in [0.1, 0.15) is 11.1 Å². The zero-order valence-electron chi connectivity index (χ0n) is 10.8. The van der Waals surface area contributed by atoms with Gasteiger partial charge in [-0.2, -0.15) is 0 Å². The first-order valence-electron chi connectivity index (χ1n) is 5.92. The summed E-state index contributed by atoms with van der Waals surface area (Å²) in [6, 6.07) is 10.4. The summed E-state index contributed by atoms with van der Waals surface area (Å²) >= 11 is 6.05. The number of halogens is 2. The molecule has 0 radical (unpaired) electrons. The van der Waals surface area contributed by atoms with Crippen LogP contribution >= 0.6 is 11.6 Å². The number of rotatable bonds is 4. The van der Waals surface area contributed by atoms with Crippen molar-refractivity contribution in [2.24, 2.45) is 0 Å². The van der Waals surface area contributed by atoms with E-state index in [1.165, 1.54) is 6.07 Å². The molecule has 2 nitrogen and oxygen atoms in total. The van der Waals surface area contributed by atoms with Crippen molar-refractivity contribution >= 4 is 17.3 Å². The molecule has 2 aromatic carbocycles. The quantitative estimate of drug-likeness (QED) is 0.895. The highest BCUT2D eigenvalue weighted by atomic mass is 35.5. The monoisotopic (exact) mass is 279 g/mol. The Morgan fingerprint density at radius 2 is 2.00 bits per heavy atom. The molecule has 0 unspecified atom stereocenters. The predicted octanol–water partition coefficient (Wildman–Crippen LogP) is 4.41. The number of aryl methyl sites for hydroxylation is 1. The van der Waals surface area contributed by atoms with Crippen LogP contribution in [0.5, 0.6) is 5.75 Å². The minimum Gasteiger partial charge on any atom is -0.497 e. The molecular weight excluding hydrogens is 265 g/mol. The van der Waals surface area contributed by atoms with Crippen molar-refractivity contribution in [1.82, 2.24) is 0 Å². The average Bonchev–Trinajstić information content (AvgIpc) is 2.41. The van der Waals surface area contributed by atoms with Crippen molar-refractivity contribution in [3.8, 4) is 5.75 Å². The molecule has 100 valence electrons. The van der Waals surface area contributed by atoms with Gasteiger partial charge in [0.25, 0.3) is 0 Å². The lowest BCUT2D eigenvalue weighted by molar-refractivity contribution is 0.414. The van der Waals surface area contributed by atoms with Crippen molar-refractivity contribution in [2.45, 2.75) is 13.5 Å². The number of methoxy groups -OCH3 is 1. The zero-order valence-corrected chi connectivity index (χ0v) is 11.6. The minimum atomic E-state index is -0.306. The highest BCUT2D eigenvalue weighted by Crippen LogP contribution is 2.22. The summed E-state index contributed by atoms with van der Waals surface area (Å²) in [6.07, 6.45) is 0. The lowest BCUT2D eigenvalue weighted by atomic mass is 10.1. The maximum atomic E-state index is 13.6. The largest absolute Gasteiger partial charge is 0.497 e. The van der Waals surface area contributed by atoms with E-state index in [1.807, 2.05) is 25.1 Å².